The molecule has 13 heavy (non-hydrogen) atoms. The van der Waals surface area contributed by atoms with Crippen molar-refractivity contribution in [1.29, 1.82) is 0 Å². The van der Waals surface area contributed by atoms with Crippen molar-refractivity contribution in [3.05, 3.63) is 0 Å². The Kier molecular flexibility index (Phi) is 8.74. The predicted octanol–water partition coefficient (Wildman–Crippen LogP) is 0.251. The van der Waals surface area contributed by atoms with E-state index >= 15 is 0 Å². The van der Waals surface area contributed by atoms with Crippen molar-refractivity contribution in [2.45, 2.75) is 13.0 Å². The summed E-state index contributed by atoms with van der Waals surface area (Å²) in [5.41, 5.74) is 5.51. The summed E-state index contributed by atoms with van der Waals surface area (Å²) in [4.78, 5) is 11.0. The fourth-order valence-electron chi connectivity index (χ4n) is 0.535. The highest BCUT2D eigenvalue weighted by Gasteiger charge is 2.13. The van der Waals surface area contributed by atoms with Gasteiger partial charge < -0.3 is 15.6 Å². The quantitative estimate of drug-likeness (QED) is 0.368. The summed E-state index contributed by atoms with van der Waals surface area (Å²) in [7, 11) is 2.97. The summed E-state index contributed by atoms with van der Waals surface area (Å²) in [5.74, 6) is 0.809. The summed E-state index contributed by atoms with van der Waals surface area (Å²) in [6.45, 7) is 2.26. The van der Waals surface area contributed by atoms with E-state index in [1.54, 1.807) is 6.92 Å². The van der Waals surface area contributed by atoms with Gasteiger partial charge in [-0.15, -0.1) is 0 Å². The van der Waals surface area contributed by atoms with Gasteiger partial charge in [0.25, 0.3) is 0 Å². The molecule has 1 atom stereocenters. The van der Waals surface area contributed by atoms with Gasteiger partial charge in [0, 0.05) is 11.5 Å². The molecule has 0 bridgehead atoms. The lowest BCUT2D eigenvalue weighted by Crippen LogP contribution is -2.34. The second-order valence-electron chi connectivity index (χ2n) is 2.19. The number of esters is 1. The zero-order chi connectivity index (χ0) is 10.1. The number of hydrogen-bond donors (Lipinski definition) is 2. The molecule has 0 saturated carbocycles. The molecule has 0 aliphatic rings. The summed E-state index contributed by atoms with van der Waals surface area (Å²) in [5, 5.41) is 8.47. The molecule has 0 saturated heterocycles. The Bertz CT molecular complexity index is 146. The molecule has 78 valence electrons. The number of hydrogen-bond acceptors (Lipinski definition) is 6. The van der Waals surface area contributed by atoms with Gasteiger partial charge in [-0.1, -0.05) is 21.6 Å². The topological polar surface area (TPSA) is 72.5 Å². The first-order valence-corrected chi connectivity index (χ1v) is 6.48. The van der Waals surface area contributed by atoms with Gasteiger partial charge in [-0.05, 0) is 6.92 Å². The molecule has 0 aliphatic heterocycles. The monoisotopic (exact) mass is 225 g/mol. The fraction of sp³-hybridized carbons (Fsp3) is 0.857. The zero-order valence-electron chi connectivity index (χ0n) is 7.56. The van der Waals surface area contributed by atoms with Crippen LogP contribution in [0, 0.1) is 0 Å². The first-order valence-electron chi connectivity index (χ1n) is 3.99. The largest absolute Gasteiger partial charge is 0.465 e. The van der Waals surface area contributed by atoms with Crippen LogP contribution in [0.25, 0.3) is 0 Å². The lowest BCUT2D eigenvalue weighted by Gasteiger charge is -2.08. The average Bonchev–Trinajstić information content (AvgIpc) is 2.12. The minimum Gasteiger partial charge on any atom is -0.465 e. The Hall–Kier alpha value is 0.0900. The SMILES string of the molecule is CCOC(=O)[C@@H](N)CSSCCO. The molecular weight excluding hydrogens is 210 g/mol. The van der Waals surface area contributed by atoms with E-state index in [9.17, 15) is 4.79 Å². The molecule has 0 spiro atoms. The molecule has 3 N–H and O–H groups in total. The van der Waals surface area contributed by atoms with Gasteiger partial charge in [-0.3, -0.25) is 4.79 Å². The van der Waals surface area contributed by atoms with Gasteiger partial charge >= 0.3 is 5.97 Å². The number of ether oxygens (including phenoxy) is 1. The van der Waals surface area contributed by atoms with Crippen LogP contribution in [0.5, 0.6) is 0 Å². The Labute approximate surface area is 86.0 Å². The lowest BCUT2D eigenvalue weighted by molar-refractivity contribution is -0.144. The first-order chi connectivity index (χ1) is 6.22. The molecule has 0 aliphatic carbocycles. The molecule has 0 rings (SSSR count). The lowest BCUT2D eigenvalue weighted by atomic mass is 10.4. The van der Waals surface area contributed by atoms with Crippen molar-refractivity contribution in [2.75, 3.05) is 24.7 Å². The van der Waals surface area contributed by atoms with E-state index in [2.05, 4.69) is 0 Å². The van der Waals surface area contributed by atoms with Crippen molar-refractivity contribution in [1.82, 2.24) is 0 Å². The highest BCUT2D eigenvalue weighted by atomic mass is 33.1. The maximum atomic E-state index is 11.0. The first kappa shape index (κ1) is 13.1. The van der Waals surface area contributed by atoms with Crippen LogP contribution in [0.3, 0.4) is 0 Å². The average molecular weight is 225 g/mol. The van der Waals surface area contributed by atoms with Gasteiger partial charge in [-0.2, -0.15) is 0 Å². The van der Waals surface area contributed by atoms with E-state index in [1.165, 1.54) is 21.6 Å². The maximum Gasteiger partial charge on any atom is 0.323 e. The number of carbonyl (C=O) groups excluding carboxylic acids is 1. The van der Waals surface area contributed by atoms with Crippen molar-refractivity contribution in [3.63, 3.8) is 0 Å². The van der Waals surface area contributed by atoms with Gasteiger partial charge in [-0.25, -0.2) is 0 Å². The number of nitrogens with two attached hydrogens (primary N) is 1. The maximum absolute atomic E-state index is 11.0. The van der Waals surface area contributed by atoms with Gasteiger partial charge in [0.15, 0.2) is 0 Å². The van der Waals surface area contributed by atoms with Crippen LogP contribution in [0.4, 0.5) is 0 Å². The smallest absolute Gasteiger partial charge is 0.323 e. The van der Waals surface area contributed by atoms with Crippen LogP contribution in [0.15, 0.2) is 0 Å². The number of carbonyl (C=O) groups is 1. The van der Waals surface area contributed by atoms with E-state index in [0.717, 1.165) is 0 Å². The number of rotatable bonds is 7. The standard InChI is InChI=1S/C7H15NO3S2/c1-2-11-7(10)6(8)5-13-12-4-3-9/h6,9H,2-5,8H2,1H3/t6-/m0/s1. The van der Waals surface area contributed by atoms with E-state index in [1.807, 2.05) is 0 Å². The molecule has 0 heterocycles. The van der Waals surface area contributed by atoms with Crippen LogP contribution in [0.1, 0.15) is 6.92 Å². The zero-order valence-corrected chi connectivity index (χ0v) is 9.20. The Morgan fingerprint density at radius 2 is 2.31 bits per heavy atom. The normalized spacial score (nSPS) is 12.5. The van der Waals surface area contributed by atoms with E-state index in [-0.39, 0.29) is 12.6 Å². The van der Waals surface area contributed by atoms with Crippen molar-refractivity contribution < 1.29 is 14.6 Å². The molecule has 0 unspecified atom stereocenters. The third-order valence-corrected chi connectivity index (χ3v) is 3.51. The molecular formula is C7H15NO3S2. The van der Waals surface area contributed by atoms with Crippen LogP contribution in [-0.4, -0.2) is 41.8 Å². The van der Waals surface area contributed by atoms with Gasteiger partial charge in [0.1, 0.15) is 6.04 Å². The molecule has 0 fully saturated rings. The molecule has 0 aromatic rings. The van der Waals surface area contributed by atoms with Crippen molar-refractivity contribution in [2.24, 2.45) is 5.73 Å². The fourth-order valence-corrected chi connectivity index (χ4v) is 2.41. The Morgan fingerprint density at radius 1 is 1.62 bits per heavy atom. The van der Waals surface area contributed by atoms with E-state index in [4.69, 9.17) is 15.6 Å². The third kappa shape index (κ3) is 7.18. The molecule has 0 radical (unpaired) electrons. The molecule has 0 aromatic heterocycles. The molecule has 0 amide bonds. The van der Waals surface area contributed by atoms with Crippen LogP contribution in [0.2, 0.25) is 0 Å². The second-order valence-corrected chi connectivity index (χ2v) is 4.82. The number of aliphatic hydroxyl groups is 1. The van der Waals surface area contributed by atoms with Crippen molar-refractivity contribution >= 4 is 27.6 Å². The van der Waals surface area contributed by atoms with Crippen molar-refractivity contribution in [3.8, 4) is 0 Å². The second kappa shape index (κ2) is 8.68. The minimum atomic E-state index is -0.559. The number of aliphatic hydroxyl groups excluding tert-OH is 1. The molecule has 0 aromatic carbocycles. The molecule has 6 heteroatoms. The minimum absolute atomic E-state index is 0.145. The Balaban J connectivity index is 3.38. The summed E-state index contributed by atoms with van der Waals surface area (Å²) in [6.07, 6.45) is 0. The summed E-state index contributed by atoms with van der Waals surface area (Å²) < 4.78 is 4.72. The molecule has 4 nitrogen and oxygen atoms in total. The highest BCUT2D eigenvalue weighted by Crippen LogP contribution is 2.20. The summed E-state index contributed by atoms with van der Waals surface area (Å²) >= 11 is 0. The van der Waals surface area contributed by atoms with Crippen LogP contribution in [-0.2, 0) is 9.53 Å². The van der Waals surface area contributed by atoms with Crippen LogP contribution < -0.4 is 5.73 Å². The summed E-state index contributed by atoms with van der Waals surface area (Å²) in [6, 6.07) is -0.559. The third-order valence-electron chi connectivity index (χ3n) is 1.09. The highest BCUT2D eigenvalue weighted by molar-refractivity contribution is 8.76. The van der Waals surface area contributed by atoms with Gasteiger partial charge in [0.05, 0.1) is 13.2 Å². The van der Waals surface area contributed by atoms with Crippen LogP contribution >= 0.6 is 21.6 Å². The van der Waals surface area contributed by atoms with E-state index in [0.29, 0.717) is 18.1 Å². The Morgan fingerprint density at radius 3 is 2.85 bits per heavy atom. The van der Waals surface area contributed by atoms with Gasteiger partial charge in [0.2, 0.25) is 0 Å². The van der Waals surface area contributed by atoms with E-state index < -0.39 is 6.04 Å². The predicted molar refractivity (Wildman–Crippen MR) is 56.6 cm³/mol.